The Morgan fingerprint density at radius 1 is 1.50 bits per heavy atom. The maximum atomic E-state index is 11.3. The third-order valence-corrected chi connectivity index (χ3v) is 2.89. The fourth-order valence-corrected chi connectivity index (χ4v) is 1.97. The smallest absolute Gasteiger partial charge is 0.227 e. The first kappa shape index (κ1) is 12.6. The van der Waals surface area contributed by atoms with Crippen molar-refractivity contribution >= 4 is 17.7 Å². The Morgan fingerprint density at radius 3 is 2.94 bits per heavy atom. The van der Waals surface area contributed by atoms with Gasteiger partial charge in [-0.25, -0.2) is 4.98 Å². The van der Waals surface area contributed by atoms with Crippen molar-refractivity contribution in [3.63, 3.8) is 0 Å². The highest BCUT2D eigenvalue weighted by molar-refractivity contribution is 5.73. The maximum Gasteiger partial charge on any atom is 0.227 e. The average Bonchev–Trinajstić information content (AvgIpc) is 2.51. The second kappa shape index (κ2) is 5.18. The summed E-state index contributed by atoms with van der Waals surface area (Å²) in [7, 11) is 0. The quantitative estimate of drug-likeness (QED) is 0.671. The summed E-state index contributed by atoms with van der Waals surface area (Å²) in [6, 6.07) is 1.61. The normalized spacial score (nSPS) is 20.7. The Balaban J connectivity index is 2.13. The van der Waals surface area contributed by atoms with Crippen LogP contribution in [0.4, 0.5) is 11.8 Å². The molecule has 98 valence electrons. The van der Waals surface area contributed by atoms with Gasteiger partial charge in [-0.15, -0.1) is 0 Å². The van der Waals surface area contributed by atoms with Crippen molar-refractivity contribution in [3.05, 3.63) is 12.3 Å². The molecule has 0 aromatic carbocycles. The molecule has 0 aliphatic carbocycles. The Bertz CT molecular complexity index is 439. The summed E-state index contributed by atoms with van der Waals surface area (Å²) < 4.78 is 0. The van der Waals surface area contributed by atoms with Crippen LogP contribution >= 0.6 is 0 Å². The largest absolute Gasteiger partial charge is 0.389 e. The minimum absolute atomic E-state index is 0.0376. The van der Waals surface area contributed by atoms with E-state index in [1.807, 2.05) is 4.90 Å². The van der Waals surface area contributed by atoms with Crippen LogP contribution in [-0.4, -0.2) is 58.2 Å². The van der Waals surface area contributed by atoms with Crippen LogP contribution in [0.15, 0.2) is 12.3 Å². The summed E-state index contributed by atoms with van der Waals surface area (Å²) in [5.74, 6) is 0.839. The van der Waals surface area contributed by atoms with E-state index < -0.39 is 6.10 Å². The number of hydrogen-bond acceptors (Lipinski definition) is 6. The van der Waals surface area contributed by atoms with Crippen molar-refractivity contribution in [1.29, 1.82) is 0 Å². The van der Waals surface area contributed by atoms with Gasteiger partial charge in [0.05, 0.1) is 6.10 Å². The number of carbonyl (C=O) groups is 1. The molecule has 1 aliphatic heterocycles. The van der Waals surface area contributed by atoms with E-state index in [1.165, 1.54) is 6.92 Å². The van der Waals surface area contributed by atoms with Crippen LogP contribution in [0.1, 0.15) is 6.92 Å². The van der Waals surface area contributed by atoms with Crippen LogP contribution < -0.4 is 10.6 Å². The molecule has 1 amide bonds. The highest BCUT2D eigenvalue weighted by Crippen LogP contribution is 2.12. The van der Waals surface area contributed by atoms with E-state index >= 15 is 0 Å². The molecule has 0 spiro atoms. The summed E-state index contributed by atoms with van der Waals surface area (Å²) in [6.07, 6.45) is 0.971. The standard InChI is InChI=1S/C11H17N5O2/c1-8(17)15-4-5-16(7-9(18)6-15)11-13-3-2-10(12)14-11/h2-3,9,18H,4-7H2,1H3,(H2,12,13,14). The molecule has 1 aromatic heterocycles. The van der Waals surface area contributed by atoms with Crippen molar-refractivity contribution in [3.8, 4) is 0 Å². The number of carbonyl (C=O) groups excluding carboxylic acids is 1. The Hall–Kier alpha value is -1.89. The van der Waals surface area contributed by atoms with Gasteiger partial charge in [-0.3, -0.25) is 4.79 Å². The zero-order valence-corrected chi connectivity index (χ0v) is 10.3. The van der Waals surface area contributed by atoms with E-state index in [2.05, 4.69) is 9.97 Å². The van der Waals surface area contributed by atoms with E-state index in [9.17, 15) is 9.90 Å². The molecule has 1 atom stereocenters. The fraction of sp³-hybridized carbons (Fsp3) is 0.545. The van der Waals surface area contributed by atoms with Gasteiger partial charge in [0.1, 0.15) is 5.82 Å². The van der Waals surface area contributed by atoms with Crippen LogP contribution in [0.2, 0.25) is 0 Å². The molecule has 1 unspecified atom stereocenters. The summed E-state index contributed by atoms with van der Waals surface area (Å²) in [5.41, 5.74) is 5.61. The number of nitrogens with two attached hydrogens (primary N) is 1. The average molecular weight is 251 g/mol. The van der Waals surface area contributed by atoms with E-state index in [4.69, 9.17) is 5.73 Å². The Labute approximate surface area is 105 Å². The fourth-order valence-electron chi connectivity index (χ4n) is 1.97. The minimum Gasteiger partial charge on any atom is -0.389 e. The van der Waals surface area contributed by atoms with Gasteiger partial charge in [0.25, 0.3) is 0 Å². The molecule has 2 heterocycles. The van der Waals surface area contributed by atoms with Crippen LogP contribution in [0, 0.1) is 0 Å². The zero-order chi connectivity index (χ0) is 13.1. The summed E-state index contributed by atoms with van der Waals surface area (Å²) in [4.78, 5) is 23.0. The molecule has 2 rings (SSSR count). The predicted octanol–water partition coefficient (Wildman–Crippen LogP) is -0.912. The van der Waals surface area contributed by atoms with Gasteiger partial charge in [0, 0.05) is 39.3 Å². The summed E-state index contributed by atoms with van der Waals surface area (Å²) in [6.45, 7) is 3.37. The number of aliphatic hydroxyl groups excluding tert-OH is 1. The first-order valence-corrected chi connectivity index (χ1v) is 5.83. The Kier molecular flexibility index (Phi) is 3.61. The first-order chi connectivity index (χ1) is 8.56. The molecule has 1 aliphatic rings. The second-order valence-corrected chi connectivity index (χ2v) is 4.35. The predicted molar refractivity (Wildman–Crippen MR) is 66.9 cm³/mol. The van der Waals surface area contributed by atoms with Crippen LogP contribution in [0.5, 0.6) is 0 Å². The Morgan fingerprint density at radius 2 is 2.28 bits per heavy atom. The lowest BCUT2D eigenvalue weighted by molar-refractivity contribution is -0.129. The monoisotopic (exact) mass is 251 g/mol. The summed E-state index contributed by atoms with van der Waals surface area (Å²) in [5, 5.41) is 9.89. The van der Waals surface area contributed by atoms with Gasteiger partial charge in [0.15, 0.2) is 0 Å². The van der Waals surface area contributed by atoms with Crippen LogP contribution in [0.3, 0.4) is 0 Å². The number of nitrogens with zero attached hydrogens (tertiary/aromatic N) is 4. The molecule has 7 heteroatoms. The van der Waals surface area contributed by atoms with Crippen molar-refractivity contribution in [2.75, 3.05) is 36.8 Å². The molecule has 0 saturated carbocycles. The number of amides is 1. The van der Waals surface area contributed by atoms with Crippen LogP contribution in [-0.2, 0) is 4.79 Å². The number of anilines is 2. The van der Waals surface area contributed by atoms with Gasteiger partial charge in [0.2, 0.25) is 11.9 Å². The number of nitrogen functional groups attached to an aromatic ring is 1. The van der Waals surface area contributed by atoms with Crippen molar-refractivity contribution in [2.24, 2.45) is 0 Å². The molecule has 1 saturated heterocycles. The maximum absolute atomic E-state index is 11.3. The number of hydrogen-bond donors (Lipinski definition) is 2. The van der Waals surface area contributed by atoms with E-state index in [1.54, 1.807) is 17.2 Å². The van der Waals surface area contributed by atoms with Gasteiger partial charge in [-0.1, -0.05) is 0 Å². The van der Waals surface area contributed by atoms with Crippen molar-refractivity contribution < 1.29 is 9.90 Å². The summed E-state index contributed by atoms with van der Waals surface area (Å²) >= 11 is 0. The highest BCUT2D eigenvalue weighted by atomic mass is 16.3. The van der Waals surface area contributed by atoms with Gasteiger partial charge in [-0.2, -0.15) is 4.98 Å². The molecule has 1 aromatic rings. The second-order valence-electron chi connectivity index (χ2n) is 4.35. The molecule has 1 fully saturated rings. The number of aliphatic hydroxyl groups is 1. The lowest BCUT2D eigenvalue weighted by atomic mass is 10.3. The van der Waals surface area contributed by atoms with Gasteiger partial charge >= 0.3 is 0 Å². The molecular formula is C11H17N5O2. The third kappa shape index (κ3) is 2.86. The first-order valence-electron chi connectivity index (χ1n) is 5.83. The number of rotatable bonds is 1. The number of β-amino-alcohol motifs (C(OH)–C–C–N with tert-alkyl or cyclic N) is 1. The van der Waals surface area contributed by atoms with E-state index in [-0.39, 0.29) is 5.91 Å². The zero-order valence-electron chi connectivity index (χ0n) is 10.3. The molecule has 7 nitrogen and oxygen atoms in total. The van der Waals surface area contributed by atoms with Crippen molar-refractivity contribution in [1.82, 2.24) is 14.9 Å². The molecule has 18 heavy (non-hydrogen) atoms. The topological polar surface area (TPSA) is 95.6 Å². The lowest BCUT2D eigenvalue weighted by Crippen LogP contribution is -2.36. The van der Waals surface area contributed by atoms with Gasteiger partial charge < -0.3 is 20.6 Å². The SMILES string of the molecule is CC(=O)N1CCN(c2nccc(N)n2)CC(O)C1. The minimum atomic E-state index is -0.610. The van der Waals surface area contributed by atoms with Crippen molar-refractivity contribution in [2.45, 2.75) is 13.0 Å². The molecular weight excluding hydrogens is 234 g/mol. The lowest BCUT2D eigenvalue weighted by Gasteiger charge is -2.21. The van der Waals surface area contributed by atoms with E-state index in [0.717, 1.165) is 0 Å². The number of aromatic nitrogens is 2. The van der Waals surface area contributed by atoms with E-state index in [0.29, 0.717) is 37.9 Å². The highest BCUT2D eigenvalue weighted by Gasteiger charge is 2.23. The third-order valence-electron chi connectivity index (χ3n) is 2.89. The van der Waals surface area contributed by atoms with Crippen LogP contribution in [0.25, 0.3) is 0 Å². The molecule has 0 radical (unpaired) electrons. The molecule has 0 bridgehead atoms. The molecule has 3 N–H and O–H groups in total. The van der Waals surface area contributed by atoms with Gasteiger partial charge in [-0.05, 0) is 6.07 Å².